The summed E-state index contributed by atoms with van der Waals surface area (Å²) in [6.07, 6.45) is 10.7. The van der Waals surface area contributed by atoms with Crippen LogP contribution in [0.15, 0.2) is 77.4 Å². The summed E-state index contributed by atoms with van der Waals surface area (Å²) in [6.45, 7) is 7.27. The van der Waals surface area contributed by atoms with Crippen LogP contribution >= 0.6 is 0 Å². The normalized spacial score (nSPS) is 14.1. The maximum absolute atomic E-state index is 12.0. The zero-order valence-electron chi connectivity index (χ0n) is 24.4. The van der Waals surface area contributed by atoms with Gasteiger partial charge in [0.25, 0.3) is 0 Å². The van der Waals surface area contributed by atoms with E-state index in [1.165, 1.54) is 43.4 Å². The molecule has 2 aliphatic rings. The summed E-state index contributed by atoms with van der Waals surface area (Å²) in [5.74, 6) is 0. The lowest BCUT2D eigenvalue weighted by molar-refractivity contribution is 0.240. The van der Waals surface area contributed by atoms with E-state index in [-0.39, 0.29) is 12.6 Å². The van der Waals surface area contributed by atoms with Gasteiger partial charge in [0.2, 0.25) is 0 Å². The topological polar surface area (TPSA) is 98.6 Å². The second-order valence-electron chi connectivity index (χ2n) is 10.7. The molecule has 1 saturated carbocycles. The van der Waals surface area contributed by atoms with Crippen LogP contribution in [-0.2, 0) is 32.8 Å². The first-order valence-electron chi connectivity index (χ1n) is 14.6. The first-order chi connectivity index (χ1) is 20.0. The molecule has 41 heavy (non-hydrogen) atoms. The molecule has 7 nitrogen and oxygen atoms in total. The lowest BCUT2D eigenvalue weighted by Crippen LogP contribution is -2.34. The molecule has 4 N–H and O–H groups in total. The number of hydrogen-bond acceptors (Lipinski definition) is 5. The summed E-state index contributed by atoms with van der Waals surface area (Å²) in [6, 6.07) is 17.6. The molecule has 2 aromatic carbocycles. The molecule has 1 aromatic heterocycles. The number of aryl methyl sites for hydroxylation is 2. The highest BCUT2D eigenvalue weighted by molar-refractivity contribution is 6.01. The van der Waals surface area contributed by atoms with Crippen molar-refractivity contribution in [3.8, 4) is 0 Å². The number of rotatable bonds is 9. The van der Waals surface area contributed by atoms with Crippen molar-refractivity contribution >= 4 is 11.7 Å². The molecule has 0 unspecified atom stereocenters. The van der Waals surface area contributed by atoms with Crippen LogP contribution in [0.3, 0.4) is 0 Å². The van der Waals surface area contributed by atoms with Gasteiger partial charge in [0.05, 0.1) is 12.3 Å². The van der Waals surface area contributed by atoms with E-state index in [0.29, 0.717) is 26.2 Å². The second-order valence-corrected chi connectivity index (χ2v) is 10.7. The number of aliphatic hydroxyl groups excluding tert-OH is 1. The Morgan fingerprint density at radius 2 is 1.66 bits per heavy atom. The van der Waals surface area contributed by atoms with Gasteiger partial charge in [0.1, 0.15) is 0 Å². The zero-order valence-corrected chi connectivity index (χ0v) is 24.4. The summed E-state index contributed by atoms with van der Waals surface area (Å²) in [5.41, 5.74) is 10.2. The molecule has 0 spiro atoms. The fraction of sp³-hybridized carbons (Fsp3) is 0.382. The molecule has 1 aliphatic carbocycles. The lowest BCUT2D eigenvalue weighted by atomic mass is 9.91. The van der Waals surface area contributed by atoms with Gasteiger partial charge in [-0.25, -0.2) is 4.79 Å². The second kappa shape index (κ2) is 15.8. The molecule has 7 heteroatoms. The molecule has 2 amide bonds. The van der Waals surface area contributed by atoms with Crippen LogP contribution in [-0.4, -0.2) is 28.4 Å². The van der Waals surface area contributed by atoms with E-state index in [2.05, 4.69) is 45.0 Å². The Bertz CT molecular complexity index is 1330. The number of aromatic nitrogens is 1. The number of dihydropyridines is 1. The number of nitrogens with zero attached hydrogens (tertiary/aromatic N) is 2. The van der Waals surface area contributed by atoms with Crippen molar-refractivity contribution in [2.45, 2.75) is 78.7 Å². The summed E-state index contributed by atoms with van der Waals surface area (Å²) in [5, 5.41) is 18.9. The smallest absolute Gasteiger partial charge is 0.315 e. The number of hydrogen-bond donors (Lipinski definition) is 4. The molecule has 0 saturated heterocycles. The Morgan fingerprint density at radius 3 is 2.41 bits per heavy atom. The van der Waals surface area contributed by atoms with Gasteiger partial charge in [-0.15, -0.1) is 0 Å². The standard InChI is InChI=1S/C25H30N4O2.C9H13N/c1-18-10-19(2)24(27-12-18)16-26-15-22-9-8-21(11-23(22)17-30)14-29-25(31)28-13-20-6-4-3-5-7-20;1-2-6-9-8(4-1)5-3-7-10-9/h3-12,26,30H,13-17H2,1-2H3,(H2,28,29,31);5H,1-4,6-7H2. The molecule has 1 fully saturated rings. The third-order valence-electron chi connectivity index (χ3n) is 7.42. The summed E-state index contributed by atoms with van der Waals surface area (Å²) < 4.78 is 0. The number of aliphatic imine (C=N–C) groups is 1. The molecule has 5 rings (SSSR count). The van der Waals surface area contributed by atoms with Gasteiger partial charge in [0.15, 0.2) is 0 Å². The largest absolute Gasteiger partial charge is 0.392 e. The highest BCUT2D eigenvalue weighted by atomic mass is 16.3. The van der Waals surface area contributed by atoms with Gasteiger partial charge in [-0.3, -0.25) is 9.98 Å². The number of amides is 2. The van der Waals surface area contributed by atoms with Gasteiger partial charge in [-0.1, -0.05) is 60.7 Å². The maximum atomic E-state index is 12.0. The van der Waals surface area contributed by atoms with Crippen molar-refractivity contribution < 1.29 is 9.90 Å². The fourth-order valence-corrected chi connectivity index (χ4v) is 5.13. The van der Waals surface area contributed by atoms with Gasteiger partial charge < -0.3 is 21.1 Å². The number of carbonyl (C=O) groups excluding carboxylic acids is 1. The van der Waals surface area contributed by atoms with Crippen LogP contribution < -0.4 is 16.0 Å². The third-order valence-corrected chi connectivity index (χ3v) is 7.42. The van der Waals surface area contributed by atoms with Crippen molar-refractivity contribution in [2.24, 2.45) is 4.99 Å². The molecule has 2 heterocycles. The number of nitrogens with one attached hydrogen (secondary N) is 3. The van der Waals surface area contributed by atoms with E-state index in [1.807, 2.05) is 61.7 Å². The predicted molar refractivity (Wildman–Crippen MR) is 166 cm³/mol. The number of urea groups is 1. The Morgan fingerprint density at radius 1 is 0.878 bits per heavy atom. The summed E-state index contributed by atoms with van der Waals surface area (Å²) in [4.78, 5) is 21.0. The Labute approximate surface area is 244 Å². The minimum absolute atomic E-state index is 0.0487. The van der Waals surface area contributed by atoms with Crippen molar-refractivity contribution in [1.82, 2.24) is 20.9 Å². The number of pyridine rings is 1. The Hall–Kier alpha value is -3.81. The number of benzene rings is 2. The quantitative estimate of drug-likeness (QED) is 0.269. The first kappa shape index (κ1) is 30.2. The molecular formula is C34H43N5O2. The van der Waals surface area contributed by atoms with Gasteiger partial charge >= 0.3 is 6.03 Å². The molecule has 3 aromatic rings. The fourth-order valence-electron chi connectivity index (χ4n) is 5.13. The van der Waals surface area contributed by atoms with E-state index in [1.54, 1.807) is 5.57 Å². The monoisotopic (exact) mass is 553 g/mol. The van der Waals surface area contributed by atoms with Crippen LogP contribution in [0.4, 0.5) is 4.79 Å². The van der Waals surface area contributed by atoms with Gasteiger partial charge in [0, 0.05) is 44.6 Å². The van der Waals surface area contributed by atoms with E-state index in [0.717, 1.165) is 40.1 Å². The molecule has 0 atom stereocenters. The van der Waals surface area contributed by atoms with E-state index < -0.39 is 0 Å². The van der Waals surface area contributed by atoms with E-state index in [9.17, 15) is 9.90 Å². The van der Waals surface area contributed by atoms with Crippen LogP contribution in [0.2, 0.25) is 0 Å². The van der Waals surface area contributed by atoms with Gasteiger partial charge in [-0.2, -0.15) is 0 Å². The summed E-state index contributed by atoms with van der Waals surface area (Å²) >= 11 is 0. The Balaban J connectivity index is 0.000000322. The molecule has 216 valence electrons. The third kappa shape index (κ3) is 9.66. The van der Waals surface area contributed by atoms with Gasteiger partial charge in [-0.05, 0) is 84.9 Å². The van der Waals surface area contributed by atoms with E-state index in [4.69, 9.17) is 0 Å². The number of allylic oxidation sites excluding steroid dienone is 1. The van der Waals surface area contributed by atoms with Crippen LogP contribution in [0.25, 0.3) is 0 Å². The van der Waals surface area contributed by atoms with Crippen molar-refractivity contribution in [3.05, 3.63) is 112 Å². The van der Waals surface area contributed by atoms with Crippen molar-refractivity contribution in [3.63, 3.8) is 0 Å². The Kier molecular flexibility index (Phi) is 11.7. The average Bonchev–Trinajstić information content (AvgIpc) is 3.01. The molecule has 0 radical (unpaired) electrons. The predicted octanol–water partition coefficient (Wildman–Crippen LogP) is 5.81. The van der Waals surface area contributed by atoms with Crippen LogP contribution in [0.1, 0.15) is 71.2 Å². The minimum atomic E-state index is -0.221. The van der Waals surface area contributed by atoms with E-state index >= 15 is 0 Å². The highest BCUT2D eigenvalue weighted by Crippen LogP contribution is 2.23. The summed E-state index contributed by atoms with van der Waals surface area (Å²) in [7, 11) is 0. The number of fused-ring (bicyclic) bond motifs is 1. The lowest BCUT2D eigenvalue weighted by Gasteiger charge is -2.19. The first-order valence-corrected chi connectivity index (χ1v) is 14.6. The number of carbonyl (C=O) groups is 1. The minimum Gasteiger partial charge on any atom is -0.392 e. The van der Waals surface area contributed by atoms with Crippen LogP contribution in [0.5, 0.6) is 0 Å². The van der Waals surface area contributed by atoms with Crippen molar-refractivity contribution in [2.75, 3.05) is 6.54 Å². The molecule has 0 bridgehead atoms. The zero-order chi connectivity index (χ0) is 28.9. The highest BCUT2D eigenvalue weighted by Gasteiger charge is 2.14. The molecule has 1 aliphatic heterocycles. The average molecular weight is 554 g/mol. The van der Waals surface area contributed by atoms with Crippen LogP contribution in [0, 0.1) is 13.8 Å². The van der Waals surface area contributed by atoms with Crippen molar-refractivity contribution in [1.29, 1.82) is 0 Å². The SMILES string of the molecule is C1=C2CCCCC2=NCC1.Cc1cnc(CNCc2ccc(CNC(=O)NCc3ccccc3)cc2CO)c(C)c1. The number of aliphatic hydroxyl groups is 1. The molecular weight excluding hydrogens is 510 g/mol. The maximum Gasteiger partial charge on any atom is 0.315 e.